The number of hydrogen-bond acceptors (Lipinski definition) is 3. The summed E-state index contributed by atoms with van der Waals surface area (Å²) in [7, 11) is 0. The van der Waals surface area contributed by atoms with Crippen LogP contribution in [0.4, 0.5) is 0 Å². The fraction of sp³-hybridized carbons (Fsp3) is 0.500. The van der Waals surface area contributed by atoms with Crippen LogP contribution >= 0.6 is 11.8 Å². The average Bonchev–Trinajstić information content (AvgIpc) is 3.02. The maximum absolute atomic E-state index is 12.5. The van der Waals surface area contributed by atoms with Gasteiger partial charge in [0.2, 0.25) is 0 Å². The third kappa shape index (κ3) is 3.08. The van der Waals surface area contributed by atoms with E-state index < -0.39 is 5.60 Å². The lowest BCUT2D eigenvalue weighted by atomic mass is 9.96. The standard InChI is InChI=1S/C18H23NO2S/c1-2-14-3-5-15(6-4-14)16-7-10-19(11-8-16)17(20)18(21)9-12-22-13-18/h3-7,21H,2,8-13H2,1H3. The van der Waals surface area contributed by atoms with Crippen molar-refractivity contribution in [3.05, 3.63) is 41.5 Å². The second-order valence-electron chi connectivity index (χ2n) is 6.12. The van der Waals surface area contributed by atoms with Crippen LogP contribution in [0.1, 0.15) is 30.9 Å². The van der Waals surface area contributed by atoms with Crippen molar-refractivity contribution in [2.45, 2.75) is 31.8 Å². The number of benzene rings is 1. The van der Waals surface area contributed by atoms with Gasteiger partial charge in [-0.1, -0.05) is 37.3 Å². The summed E-state index contributed by atoms with van der Waals surface area (Å²) in [4.78, 5) is 14.3. The number of amides is 1. The lowest BCUT2D eigenvalue weighted by molar-refractivity contribution is -0.148. The van der Waals surface area contributed by atoms with Crippen molar-refractivity contribution in [2.75, 3.05) is 24.6 Å². The van der Waals surface area contributed by atoms with E-state index in [9.17, 15) is 9.90 Å². The molecular weight excluding hydrogens is 294 g/mol. The first kappa shape index (κ1) is 15.6. The van der Waals surface area contributed by atoms with Gasteiger partial charge in [-0.25, -0.2) is 0 Å². The van der Waals surface area contributed by atoms with Crippen molar-refractivity contribution in [3.8, 4) is 0 Å². The van der Waals surface area contributed by atoms with Gasteiger partial charge in [0, 0.05) is 18.8 Å². The summed E-state index contributed by atoms with van der Waals surface area (Å²) in [5.74, 6) is 1.33. The Morgan fingerprint density at radius 2 is 2.14 bits per heavy atom. The second kappa shape index (κ2) is 6.47. The van der Waals surface area contributed by atoms with Gasteiger partial charge < -0.3 is 10.0 Å². The molecule has 22 heavy (non-hydrogen) atoms. The molecular formula is C18H23NO2S. The number of rotatable bonds is 3. The van der Waals surface area contributed by atoms with Gasteiger partial charge in [-0.2, -0.15) is 11.8 Å². The minimum atomic E-state index is -1.13. The van der Waals surface area contributed by atoms with Gasteiger partial charge in [-0.3, -0.25) is 4.79 Å². The molecule has 3 nitrogen and oxygen atoms in total. The van der Waals surface area contributed by atoms with Crippen LogP contribution in [0.2, 0.25) is 0 Å². The number of aryl methyl sites for hydroxylation is 1. The van der Waals surface area contributed by atoms with Crippen LogP contribution in [0.3, 0.4) is 0 Å². The number of hydrogen-bond donors (Lipinski definition) is 1. The summed E-state index contributed by atoms with van der Waals surface area (Å²) in [6, 6.07) is 8.69. The van der Waals surface area contributed by atoms with Gasteiger partial charge in [0.15, 0.2) is 5.60 Å². The molecule has 3 rings (SSSR count). The number of thioether (sulfide) groups is 1. The largest absolute Gasteiger partial charge is 0.379 e. The van der Waals surface area contributed by atoms with Crippen molar-refractivity contribution in [2.24, 2.45) is 0 Å². The Morgan fingerprint density at radius 3 is 2.68 bits per heavy atom. The molecule has 1 aromatic rings. The van der Waals surface area contributed by atoms with Crippen molar-refractivity contribution in [3.63, 3.8) is 0 Å². The minimum absolute atomic E-state index is 0.0888. The van der Waals surface area contributed by atoms with E-state index in [1.165, 1.54) is 16.7 Å². The Bertz CT molecular complexity index is 573. The summed E-state index contributed by atoms with van der Waals surface area (Å²) < 4.78 is 0. The van der Waals surface area contributed by atoms with Gasteiger partial charge in [-0.15, -0.1) is 0 Å². The molecule has 0 aliphatic carbocycles. The lowest BCUT2D eigenvalue weighted by Gasteiger charge is -2.32. The van der Waals surface area contributed by atoms with Crippen LogP contribution < -0.4 is 0 Å². The molecule has 1 aromatic carbocycles. The summed E-state index contributed by atoms with van der Waals surface area (Å²) >= 11 is 1.66. The van der Waals surface area contributed by atoms with E-state index in [2.05, 4.69) is 37.3 Å². The summed E-state index contributed by atoms with van der Waals surface area (Å²) in [5.41, 5.74) is 2.77. The second-order valence-corrected chi connectivity index (χ2v) is 7.22. The van der Waals surface area contributed by atoms with E-state index in [-0.39, 0.29) is 5.91 Å². The van der Waals surface area contributed by atoms with E-state index >= 15 is 0 Å². The van der Waals surface area contributed by atoms with Gasteiger partial charge in [-0.05, 0) is 41.7 Å². The van der Waals surface area contributed by atoms with Crippen LogP contribution in [-0.4, -0.2) is 46.1 Å². The molecule has 0 radical (unpaired) electrons. The zero-order valence-corrected chi connectivity index (χ0v) is 13.9. The zero-order chi connectivity index (χ0) is 15.6. The summed E-state index contributed by atoms with van der Waals surface area (Å²) in [6.07, 6.45) is 4.63. The Labute approximate surface area is 136 Å². The highest BCUT2D eigenvalue weighted by molar-refractivity contribution is 7.99. The molecule has 2 heterocycles. The quantitative estimate of drug-likeness (QED) is 0.932. The Kier molecular flexibility index (Phi) is 4.59. The molecule has 1 atom stereocenters. The minimum Gasteiger partial charge on any atom is -0.379 e. The maximum Gasteiger partial charge on any atom is 0.255 e. The fourth-order valence-electron chi connectivity index (χ4n) is 3.09. The Hall–Kier alpha value is -1.26. The van der Waals surface area contributed by atoms with Crippen molar-refractivity contribution in [1.29, 1.82) is 0 Å². The summed E-state index contributed by atoms with van der Waals surface area (Å²) in [6.45, 7) is 3.47. The average molecular weight is 317 g/mol. The third-order valence-corrected chi connectivity index (χ3v) is 5.80. The molecule has 1 unspecified atom stereocenters. The number of nitrogens with zero attached hydrogens (tertiary/aromatic N) is 1. The molecule has 0 spiro atoms. The Balaban J connectivity index is 1.67. The first-order valence-electron chi connectivity index (χ1n) is 8.00. The van der Waals surface area contributed by atoms with Gasteiger partial charge >= 0.3 is 0 Å². The van der Waals surface area contributed by atoms with Crippen molar-refractivity contribution < 1.29 is 9.90 Å². The molecule has 4 heteroatoms. The van der Waals surface area contributed by atoms with Crippen LogP contribution in [0.15, 0.2) is 30.3 Å². The van der Waals surface area contributed by atoms with Gasteiger partial charge in [0.25, 0.3) is 5.91 Å². The van der Waals surface area contributed by atoms with E-state index in [0.717, 1.165) is 18.6 Å². The van der Waals surface area contributed by atoms with Gasteiger partial charge in [0.05, 0.1) is 0 Å². The van der Waals surface area contributed by atoms with E-state index in [4.69, 9.17) is 0 Å². The summed E-state index contributed by atoms with van der Waals surface area (Å²) in [5, 5.41) is 10.4. The van der Waals surface area contributed by atoms with Crippen LogP contribution in [0.25, 0.3) is 5.57 Å². The normalized spacial score (nSPS) is 25.2. The molecule has 1 amide bonds. The first-order valence-corrected chi connectivity index (χ1v) is 9.16. The number of aliphatic hydroxyl groups is 1. The lowest BCUT2D eigenvalue weighted by Crippen LogP contribution is -2.50. The monoisotopic (exact) mass is 317 g/mol. The van der Waals surface area contributed by atoms with Crippen molar-refractivity contribution >= 4 is 23.2 Å². The first-order chi connectivity index (χ1) is 10.6. The fourth-order valence-corrected chi connectivity index (χ4v) is 4.32. The predicted octanol–water partition coefficient (Wildman–Crippen LogP) is 2.73. The molecule has 1 N–H and O–H groups in total. The van der Waals surface area contributed by atoms with E-state index in [0.29, 0.717) is 25.3 Å². The third-order valence-electron chi connectivity index (χ3n) is 4.63. The zero-order valence-electron chi connectivity index (χ0n) is 13.0. The Morgan fingerprint density at radius 1 is 1.36 bits per heavy atom. The molecule has 2 aliphatic heterocycles. The smallest absolute Gasteiger partial charge is 0.255 e. The van der Waals surface area contributed by atoms with Crippen molar-refractivity contribution in [1.82, 2.24) is 4.90 Å². The SMILES string of the molecule is CCc1ccc(C2=CCN(C(=O)C3(O)CCSC3)CC2)cc1. The highest BCUT2D eigenvalue weighted by Crippen LogP contribution is 2.31. The topological polar surface area (TPSA) is 40.5 Å². The molecule has 0 bridgehead atoms. The highest BCUT2D eigenvalue weighted by Gasteiger charge is 2.42. The molecule has 2 aliphatic rings. The van der Waals surface area contributed by atoms with Gasteiger partial charge in [0.1, 0.15) is 0 Å². The number of carbonyl (C=O) groups excluding carboxylic acids is 1. The molecule has 0 saturated carbocycles. The van der Waals surface area contributed by atoms with Crippen LogP contribution in [0, 0.1) is 0 Å². The molecule has 0 aromatic heterocycles. The maximum atomic E-state index is 12.5. The number of carbonyl (C=O) groups is 1. The molecule has 118 valence electrons. The molecule has 1 saturated heterocycles. The molecule has 1 fully saturated rings. The van der Waals surface area contributed by atoms with Crippen LogP contribution in [0.5, 0.6) is 0 Å². The van der Waals surface area contributed by atoms with E-state index in [1.54, 1.807) is 16.7 Å². The van der Waals surface area contributed by atoms with Crippen LogP contribution in [-0.2, 0) is 11.2 Å². The predicted molar refractivity (Wildman–Crippen MR) is 91.9 cm³/mol. The van der Waals surface area contributed by atoms with E-state index in [1.807, 2.05) is 0 Å². The highest BCUT2D eigenvalue weighted by atomic mass is 32.2.